The standard InChI is InChI=1S/C35H36N2O8/c1-35(2)44-29(27-31(42-21-23-11-5-3-6-12-23)33(38)36(27)19-25-15-9-17-40-25)30(45-35)28-32(43-22-24-13-7-4-8-14-24)34(39)37(28)20-26-16-10-18-41-26/h3-18,27-32H,19-22H2,1-2H3/t27-,28-,29-,30-,31+,32+/m0/s1. The van der Waals surface area contributed by atoms with E-state index >= 15 is 0 Å². The van der Waals surface area contributed by atoms with E-state index in [1.165, 1.54) is 0 Å². The van der Waals surface area contributed by atoms with Gasteiger partial charge in [-0.1, -0.05) is 60.7 Å². The number of carbonyl (C=O) groups is 2. The normalized spacial score (nSPS) is 27.4. The van der Waals surface area contributed by atoms with Gasteiger partial charge in [0.2, 0.25) is 0 Å². The zero-order valence-electron chi connectivity index (χ0n) is 25.2. The summed E-state index contributed by atoms with van der Waals surface area (Å²) in [6, 6.07) is 25.7. The fourth-order valence-electron chi connectivity index (χ4n) is 6.49. The molecule has 0 saturated carbocycles. The molecule has 5 heterocycles. The van der Waals surface area contributed by atoms with Gasteiger partial charge in [-0.15, -0.1) is 0 Å². The molecule has 2 aromatic heterocycles. The number of ether oxygens (including phenoxy) is 4. The molecule has 2 aromatic carbocycles. The lowest BCUT2D eigenvalue weighted by Crippen LogP contribution is -2.75. The fraction of sp³-hybridized carbons (Fsp3) is 0.371. The molecule has 6 atom stereocenters. The molecule has 0 bridgehead atoms. The van der Waals surface area contributed by atoms with Gasteiger partial charge in [0.05, 0.1) is 50.9 Å². The smallest absolute Gasteiger partial charge is 0.254 e. The van der Waals surface area contributed by atoms with E-state index in [4.69, 9.17) is 27.8 Å². The number of carbonyl (C=O) groups excluding carboxylic acids is 2. The van der Waals surface area contributed by atoms with Crippen molar-refractivity contribution in [3.8, 4) is 0 Å². The first-order chi connectivity index (χ1) is 21.9. The number of likely N-dealkylation sites (tertiary alicyclic amines) is 2. The fourth-order valence-corrected chi connectivity index (χ4v) is 6.49. The second-order valence-corrected chi connectivity index (χ2v) is 12.1. The topological polar surface area (TPSA) is 104 Å². The van der Waals surface area contributed by atoms with Gasteiger partial charge >= 0.3 is 0 Å². The van der Waals surface area contributed by atoms with Crippen LogP contribution in [0.4, 0.5) is 0 Å². The van der Waals surface area contributed by atoms with Crippen molar-refractivity contribution in [1.82, 2.24) is 9.80 Å². The Morgan fingerprint density at radius 1 is 0.622 bits per heavy atom. The van der Waals surface area contributed by atoms with Crippen molar-refractivity contribution in [1.29, 1.82) is 0 Å². The van der Waals surface area contributed by atoms with Crippen molar-refractivity contribution >= 4 is 11.8 Å². The maximum Gasteiger partial charge on any atom is 0.254 e. The average Bonchev–Trinajstić information content (AvgIpc) is 3.82. The second-order valence-electron chi connectivity index (χ2n) is 12.1. The third kappa shape index (κ3) is 5.94. The van der Waals surface area contributed by atoms with Gasteiger partial charge in [-0.2, -0.15) is 0 Å². The Labute approximate surface area is 261 Å². The van der Waals surface area contributed by atoms with Gasteiger partial charge in [0.1, 0.15) is 23.7 Å². The third-order valence-electron chi connectivity index (χ3n) is 8.59. The monoisotopic (exact) mass is 612 g/mol. The van der Waals surface area contributed by atoms with Crippen molar-refractivity contribution < 1.29 is 37.4 Å². The molecule has 0 aliphatic carbocycles. The highest BCUT2D eigenvalue weighted by molar-refractivity contribution is 5.90. The summed E-state index contributed by atoms with van der Waals surface area (Å²) in [5, 5.41) is 0. The molecular weight excluding hydrogens is 576 g/mol. The van der Waals surface area contributed by atoms with Crippen LogP contribution in [0.15, 0.2) is 106 Å². The molecule has 3 fully saturated rings. The van der Waals surface area contributed by atoms with Crippen LogP contribution < -0.4 is 0 Å². The minimum atomic E-state index is -0.993. The second kappa shape index (κ2) is 12.3. The van der Waals surface area contributed by atoms with Gasteiger partial charge in [-0.25, -0.2) is 0 Å². The van der Waals surface area contributed by atoms with Crippen LogP contribution in [0.3, 0.4) is 0 Å². The predicted octanol–water partition coefficient (Wildman–Crippen LogP) is 4.69. The SMILES string of the molecule is CC1(C)O[C@@H]([C@H]2[C@@H](OCc3ccccc3)C(=O)N2Cc2ccco2)[C@H]([C@H]2[C@@H](OCc3ccccc3)C(=O)N2Cc2ccco2)O1. The Kier molecular flexibility index (Phi) is 8.05. The van der Waals surface area contributed by atoms with E-state index in [1.54, 1.807) is 34.5 Å². The first-order valence-corrected chi connectivity index (χ1v) is 15.2. The van der Waals surface area contributed by atoms with Crippen LogP contribution in [0.25, 0.3) is 0 Å². The minimum absolute atomic E-state index is 0.159. The molecule has 3 saturated heterocycles. The Balaban J connectivity index is 1.19. The molecule has 0 radical (unpaired) electrons. The van der Waals surface area contributed by atoms with Gasteiger partial charge in [-0.3, -0.25) is 9.59 Å². The lowest BCUT2D eigenvalue weighted by Gasteiger charge is -2.53. The lowest BCUT2D eigenvalue weighted by molar-refractivity contribution is -0.202. The first-order valence-electron chi connectivity index (χ1n) is 15.2. The summed E-state index contributed by atoms with van der Waals surface area (Å²) >= 11 is 0. The van der Waals surface area contributed by atoms with E-state index < -0.39 is 42.3 Å². The summed E-state index contributed by atoms with van der Waals surface area (Å²) in [5.41, 5.74) is 1.91. The van der Waals surface area contributed by atoms with Gasteiger partial charge in [0.25, 0.3) is 11.8 Å². The van der Waals surface area contributed by atoms with Crippen LogP contribution >= 0.6 is 0 Å². The molecule has 4 aromatic rings. The van der Waals surface area contributed by atoms with Crippen LogP contribution in [-0.2, 0) is 54.8 Å². The maximum atomic E-state index is 13.6. The highest BCUT2D eigenvalue weighted by Gasteiger charge is 2.65. The summed E-state index contributed by atoms with van der Waals surface area (Å²) in [7, 11) is 0. The zero-order valence-corrected chi connectivity index (χ0v) is 25.2. The average molecular weight is 613 g/mol. The van der Waals surface area contributed by atoms with Gasteiger partial charge in [0, 0.05) is 0 Å². The molecule has 2 amide bonds. The van der Waals surface area contributed by atoms with Gasteiger partial charge in [-0.05, 0) is 49.2 Å². The number of nitrogens with zero attached hydrogens (tertiary/aromatic N) is 2. The molecule has 45 heavy (non-hydrogen) atoms. The van der Waals surface area contributed by atoms with Crippen LogP contribution in [0.1, 0.15) is 36.5 Å². The Bertz CT molecular complexity index is 1460. The van der Waals surface area contributed by atoms with Gasteiger partial charge < -0.3 is 37.6 Å². The van der Waals surface area contributed by atoms with E-state index in [9.17, 15) is 9.59 Å². The number of benzene rings is 2. The van der Waals surface area contributed by atoms with E-state index in [0.717, 1.165) is 11.1 Å². The van der Waals surface area contributed by atoms with Crippen LogP contribution in [-0.4, -0.2) is 63.9 Å². The first kappa shape index (κ1) is 29.5. The van der Waals surface area contributed by atoms with E-state index in [2.05, 4.69) is 0 Å². The largest absolute Gasteiger partial charge is 0.467 e. The van der Waals surface area contributed by atoms with Crippen molar-refractivity contribution in [2.75, 3.05) is 0 Å². The molecule has 0 unspecified atom stereocenters. The summed E-state index contributed by atoms with van der Waals surface area (Å²) in [6.07, 6.45) is 0.355. The molecule has 234 valence electrons. The lowest BCUT2D eigenvalue weighted by atomic mass is 9.82. The molecule has 0 N–H and O–H groups in total. The Hall–Kier alpha value is -4.22. The number of hydrogen-bond donors (Lipinski definition) is 0. The molecule has 3 aliphatic rings. The summed E-state index contributed by atoms with van der Waals surface area (Å²) < 4.78 is 36.9. The summed E-state index contributed by atoms with van der Waals surface area (Å²) in [5.74, 6) is -0.0200. The highest BCUT2D eigenvalue weighted by atomic mass is 16.8. The number of furan rings is 2. The zero-order chi connectivity index (χ0) is 31.0. The molecule has 3 aliphatic heterocycles. The highest BCUT2D eigenvalue weighted by Crippen LogP contribution is 2.44. The maximum absolute atomic E-state index is 13.6. The number of β-lactam (4-membered cyclic amide) rings is 2. The van der Waals surface area contributed by atoms with Crippen molar-refractivity contribution in [3.05, 3.63) is 120 Å². The number of rotatable bonds is 12. The van der Waals surface area contributed by atoms with E-state index in [-0.39, 0.29) is 38.1 Å². The molecule has 7 rings (SSSR count). The summed E-state index contributed by atoms with van der Waals surface area (Å²) in [6.45, 7) is 4.71. The van der Waals surface area contributed by atoms with E-state index in [1.807, 2.05) is 86.6 Å². The number of hydrogen-bond acceptors (Lipinski definition) is 8. The van der Waals surface area contributed by atoms with Gasteiger partial charge in [0.15, 0.2) is 18.0 Å². The van der Waals surface area contributed by atoms with E-state index in [0.29, 0.717) is 11.5 Å². The van der Waals surface area contributed by atoms with Crippen molar-refractivity contribution in [2.45, 2.75) is 82.4 Å². The molecular formula is C35H36N2O8. The minimum Gasteiger partial charge on any atom is -0.467 e. The quantitative estimate of drug-likeness (QED) is 0.213. The van der Waals surface area contributed by atoms with Crippen LogP contribution in [0.2, 0.25) is 0 Å². The van der Waals surface area contributed by atoms with Crippen molar-refractivity contribution in [2.24, 2.45) is 0 Å². The van der Waals surface area contributed by atoms with Crippen LogP contribution in [0, 0.1) is 0 Å². The molecule has 10 heteroatoms. The predicted molar refractivity (Wildman–Crippen MR) is 160 cm³/mol. The Morgan fingerprint density at radius 3 is 1.42 bits per heavy atom. The van der Waals surface area contributed by atoms with Crippen molar-refractivity contribution in [3.63, 3.8) is 0 Å². The number of amides is 2. The molecule has 0 spiro atoms. The third-order valence-corrected chi connectivity index (χ3v) is 8.59. The Morgan fingerprint density at radius 2 is 1.04 bits per heavy atom. The summed E-state index contributed by atoms with van der Waals surface area (Å²) in [4.78, 5) is 30.7. The molecule has 10 nitrogen and oxygen atoms in total. The van der Waals surface area contributed by atoms with Crippen LogP contribution in [0.5, 0.6) is 0 Å².